The number of hydrogen-bond acceptors (Lipinski definition) is 4. The van der Waals surface area contributed by atoms with Crippen molar-refractivity contribution in [1.29, 1.82) is 0 Å². The van der Waals surface area contributed by atoms with Gasteiger partial charge in [-0.1, -0.05) is 56.3 Å². The summed E-state index contributed by atoms with van der Waals surface area (Å²) in [5, 5.41) is 13.1. The second-order valence-corrected chi connectivity index (χ2v) is 6.93. The molecule has 2 atom stereocenters. The molecule has 1 saturated heterocycles. The highest BCUT2D eigenvalue weighted by molar-refractivity contribution is 6.07. The minimum Gasteiger partial charge on any atom is -0.491 e. The quantitative estimate of drug-likeness (QED) is 0.688. The van der Waals surface area contributed by atoms with Crippen molar-refractivity contribution < 1.29 is 19.4 Å². The number of carbonyl (C=O) groups excluding carboxylic acids is 2. The summed E-state index contributed by atoms with van der Waals surface area (Å²) in [7, 11) is 0. The largest absolute Gasteiger partial charge is 0.491 e. The Morgan fingerprint density at radius 2 is 1.75 bits per heavy atom. The van der Waals surface area contributed by atoms with E-state index in [2.05, 4.69) is 12.2 Å². The summed E-state index contributed by atoms with van der Waals surface area (Å²) in [6.45, 7) is 3.80. The number of rotatable bonds is 8. The second-order valence-electron chi connectivity index (χ2n) is 6.93. The van der Waals surface area contributed by atoms with Crippen LogP contribution in [0.15, 0.2) is 54.6 Å². The molecule has 1 aliphatic rings. The number of aliphatic hydroxyl groups excluding tert-OH is 1. The maximum Gasteiger partial charge on any atom is 0.325 e. The zero-order chi connectivity index (χ0) is 20.1. The topological polar surface area (TPSA) is 78.9 Å². The van der Waals surface area contributed by atoms with Gasteiger partial charge in [0.25, 0.3) is 5.91 Å². The molecule has 0 unspecified atom stereocenters. The van der Waals surface area contributed by atoms with E-state index >= 15 is 0 Å². The number of β-amino-alcohol motifs (C(OH)–C–C–N with tert-alkyl or cyclic N) is 1. The van der Waals surface area contributed by atoms with E-state index in [0.717, 1.165) is 16.9 Å². The predicted molar refractivity (Wildman–Crippen MR) is 106 cm³/mol. The number of aliphatic hydroxyl groups is 1. The van der Waals surface area contributed by atoms with Gasteiger partial charge in [-0.25, -0.2) is 4.79 Å². The minimum absolute atomic E-state index is 0.00695. The van der Waals surface area contributed by atoms with Crippen LogP contribution >= 0.6 is 0 Å². The van der Waals surface area contributed by atoms with E-state index < -0.39 is 17.7 Å². The summed E-state index contributed by atoms with van der Waals surface area (Å²) < 4.78 is 5.59. The number of nitrogens with zero attached hydrogens (tertiary/aromatic N) is 1. The molecule has 2 aromatic carbocycles. The smallest absolute Gasteiger partial charge is 0.325 e. The van der Waals surface area contributed by atoms with Crippen molar-refractivity contribution in [2.45, 2.75) is 38.3 Å². The summed E-state index contributed by atoms with van der Waals surface area (Å²) in [6, 6.07) is 16.3. The first-order chi connectivity index (χ1) is 13.5. The van der Waals surface area contributed by atoms with Crippen LogP contribution in [0.5, 0.6) is 5.75 Å². The number of hydrogen-bond donors (Lipinski definition) is 2. The molecule has 3 rings (SSSR count). The van der Waals surface area contributed by atoms with Crippen LogP contribution in [0.1, 0.15) is 31.4 Å². The molecule has 0 saturated carbocycles. The van der Waals surface area contributed by atoms with Crippen molar-refractivity contribution in [3.05, 3.63) is 65.7 Å². The van der Waals surface area contributed by atoms with Crippen molar-refractivity contribution in [2.24, 2.45) is 0 Å². The average Bonchev–Trinajstić information content (AvgIpc) is 2.98. The van der Waals surface area contributed by atoms with E-state index in [4.69, 9.17) is 4.74 Å². The Bertz CT molecular complexity index is 822. The van der Waals surface area contributed by atoms with E-state index in [0.29, 0.717) is 12.2 Å². The van der Waals surface area contributed by atoms with Crippen LogP contribution in [0, 0.1) is 0 Å². The van der Waals surface area contributed by atoms with Crippen LogP contribution in [-0.2, 0) is 16.8 Å². The maximum absolute atomic E-state index is 13.0. The van der Waals surface area contributed by atoms with Gasteiger partial charge in [0, 0.05) is 0 Å². The Morgan fingerprint density at radius 3 is 2.36 bits per heavy atom. The fourth-order valence-corrected chi connectivity index (χ4v) is 3.43. The molecule has 1 fully saturated rings. The van der Waals surface area contributed by atoms with Gasteiger partial charge in [0.05, 0.1) is 6.54 Å². The standard InChI is InChI=1S/C22H26N2O4/c1-3-16-10-12-19(13-11-16)28-15-18(25)14-24-20(26)22(4-2,23-21(24)27)17-8-6-5-7-9-17/h5-13,18,25H,3-4,14-15H2,1-2H3,(H,23,27)/t18-,22-/m0/s1. The van der Waals surface area contributed by atoms with Gasteiger partial charge in [-0.3, -0.25) is 9.69 Å². The molecular formula is C22H26N2O4. The fraction of sp³-hybridized carbons (Fsp3) is 0.364. The lowest BCUT2D eigenvalue weighted by Gasteiger charge is -2.26. The number of ether oxygens (including phenoxy) is 1. The van der Waals surface area contributed by atoms with Crippen molar-refractivity contribution >= 4 is 11.9 Å². The summed E-state index contributed by atoms with van der Waals surface area (Å²) in [5.41, 5.74) is 0.846. The van der Waals surface area contributed by atoms with E-state index in [-0.39, 0.29) is 19.1 Å². The zero-order valence-electron chi connectivity index (χ0n) is 16.2. The first kappa shape index (κ1) is 19.9. The first-order valence-electron chi connectivity index (χ1n) is 9.59. The van der Waals surface area contributed by atoms with Gasteiger partial charge in [-0.05, 0) is 36.1 Å². The van der Waals surface area contributed by atoms with Crippen LogP contribution in [0.3, 0.4) is 0 Å². The van der Waals surface area contributed by atoms with Gasteiger partial charge in [0.15, 0.2) is 0 Å². The zero-order valence-corrected chi connectivity index (χ0v) is 16.2. The van der Waals surface area contributed by atoms with E-state index in [9.17, 15) is 14.7 Å². The van der Waals surface area contributed by atoms with Gasteiger partial charge < -0.3 is 15.2 Å². The lowest BCUT2D eigenvalue weighted by atomic mass is 9.87. The molecule has 6 heteroatoms. The molecule has 0 aliphatic carbocycles. The summed E-state index contributed by atoms with van der Waals surface area (Å²) in [6.07, 6.45) is 0.383. The summed E-state index contributed by atoms with van der Waals surface area (Å²) in [5.74, 6) is 0.290. The number of amides is 3. The predicted octanol–water partition coefficient (Wildman–Crippen LogP) is 2.85. The van der Waals surface area contributed by atoms with Gasteiger partial charge >= 0.3 is 6.03 Å². The lowest BCUT2D eigenvalue weighted by molar-refractivity contribution is -0.132. The minimum atomic E-state index is -1.09. The van der Waals surface area contributed by atoms with Crippen LogP contribution < -0.4 is 10.1 Å². The second kappa shape index (κ2) is 8.44. The normalized spacial score (nSPS) is 20.2. The number of urea groups is 1. The van der Waals surface area contributed by atoms with Gasteiger partial charge in [0.1, 0.15) is 24.0 Å². The third-order valence-electron chi connectivity index (χ3n) is 5.14. The van der Waals surface area contributed by atoms with Gasteiger partial charge in [-0.15, -0.1) is 0 Å². The lowest BCUT2D eigenvalue weighted by Crippen LogP contribution is -2.44. The molecule has 1 heterocycles. The van der Waals surface area contributed by atoms with E-state index in [1.807, 2.05) is 61.5 Å². The number of aryl methyl sites for hydroxylation is 1. The molecule has 148 valence electrons. The summed E-state index contributed by atoms with van der Waals surface area (Å²) >= 11 is 0. The average molecular weight is 382 g/mol. The molecule has 28 heavy (non-hydrogen) atoms. The van der Waals surface area contributed by atoms with Gasteiger partial charge in [-0.2, -0.15) is 0 Å². The summed E-state index contributed by atoms with van der Waals surface area (Å²) in [4.78, 5) is 26.6. The first-order valence-corrected chi connectivity index (χ1v) is 9.59. The highest BCUT2D eigenvalue weighted by Gasteiger charge is 2.51. The molecule has 0 bridgehead atoms. The van der Waals surface area contributed by atoms with Crippen LogP contribution in [-0.4, -0.2) is 41.2 Å². The monoisotopic (exact) mass is 382 g/mol. The molecule has 0 aromatic heterocycles. The van der Waals surface area contributed by atoms with E-state index in [1.165, 1.54) is 5.56 Å². The van der Waals surface area contributed by atoms with Gasteiger partial charge in [0.2, 0.25) is 0 Å². The van der Waals surface area contributed by atoms with E-state index in [1.54, 1.807) is 0 Å². The van der Waals surface area contributed by atoms with Crippen molar-refractivity contribution in [2.75, 3.05) is 13.2 Å². The molecule has 0 spiro atoms. The van der Waals surface area contributed by atoms with Crippen molar-refractivity contribution in [3.8, 4) is 5.75 Å². The number of nitrogens with one attached hydrogen (secondary N) is 1. The third kappa shape index (κ3) is 3.87. The number of carbonyl (C=O) groups is 2. The Morgan fingerprint density at radius 1 is 1.07 bits per heavy atom. The molecular weight excluding hydrogens is 356 g/mol. The Balaban J connectivity index is 1.64. The Kier molecular flexibility index (Phi) is 5.99. The van der Waals surface area contributed by atoms with Crippen LogP contribution in [0.4, 0.5) is 4.79 Å². The maximum atomic E-state index is 13.0. The fourth-order valence-electron chi connectivity index (χ4n) is 3.43. The Hall–Kier alpha value is -2.86. The number of benzene rings is 2. The highest BCUT2D eigenvalue weighted by atomic mass is 16.5. The SMILES string of the molecule is CCc1ccc(OC[C@@H](O)CN2C(=O)N[C@@](CC)(c3ccccc3)C2=O)cc1. The van der Waals surface area contributed by atoms with Crippen LogP contribution in [0.25, 0.3) is 0 Å². The van der Waals surface area contributed by atoms with Crippen molar-refractivity contribution in [3.63, 3.8) is 0 Å². The molecule has 1 aliphatic heterocycles. The number of imide groups is 1. The molecule has 3 amide bonds. The molecule has 2 N–H and O–H groups in total. The third-order valence-corrected chi connectivity index (χ3v) is 5.14. The molecule has 2 aromatic rings. The van der Waals surface area contributed by atoms with Crippen molar-refractivity contribution in [1.82, 2.24) is 10.2 Å². The Labute approximate surface area is 165 Å². The molecule has 6 nitrogen and oxygen atoms in total. The van der Waals surface area contributed by atoms with Crippen LogP contribution in [0.2, 0.25) is 0 Å². The highest BCUT2D eigenvalue weighted by Crippen LogP contribution is 2.32. The molecule has 0 radical (unpaired) electrons.